The van der Waals surface area contributed by atoms with E-state index in [1.807, 2.05) is 0 Å². The Hall–Kier alpha value is -0.520. The van der Waals surface area contributed by atoms with E-state index in [2.05, 4.69) is 47.3 Å². The first-order valence-corrected chi connectivity index (χ1v) is 7.23. The standard InChI is InChI=1S/C17H30.H2/c1-7-10-17(14(4)5)11-15(6)8-9-16(12-17)13(2)3;/h8,13,16H,4,7,9-12H2,1-3,5-6H3;1H/t16-,17-;/m0./s1. The molecule has 0 bridgehead atoms. The summed E-state index contributed by atoms with van der Waals surface area (Å²) >= 11 is 0. The fraction of sp³-hybridized carbons (Fsp3) is 0.765. The first-order chi connectivity index (χ1) is 7.91. The second-order valence-electron chi connectivity index (χ2n) is 6.48. The van der Waals surface area contributed by atoms with Crippen LogP contribution in [0, 0.1) is 17.3 Å². The maximum absolute atomic E-state index is 4.31. The van der Waals surface area contributed by atoms with Crippen LogP contribution in [-0.2, 0) is 0 Å². The topological polar surface area (TPSA) is 0 Å². The van der Waals surface area contributed by atoms with Gasteiger partial charge in [-0.25, -0.2) is 0 Å². The van der Waals surface area contributed by atoms with Gasteiger partial charge in [0.25, 0.3) is 0 Å². The molecule has 100 valence electrons. The van der Waals surface area contributed by atoms with E-state index < -0.39 is 0 Å². The summed E-state index contributed by atoms with van der Waals surface area (Å²) in [5, 5.41) is 0. The predicted molar refractivity (Wildman–Crippen MR) is 80.2 cm³/mol. The van der Waals surface area contributed by atoms with Gasteiger partial charge in [-0.1, -0.05) is 51.0 Å². The number of hydrogen-bond donors (Lipinski definition) is 0. The lowest BCUT2D eigenvalue weighted by Gasteiger charge is -2.37. The smallest absolute Gasteiger partial charge is 0 e. The van der Waals surface area contributed by atoms with Gasteiger partial charge in [0.2, 0.25) is 0 Å². The van der Waals surface area contributed by atoms with E-state index in [0.717, 1.165) is 11.8 Å². The van der Waals surface area contributed by atoms with Crippen LogP contribution in [0.15, 0.2) is 23.8 Å². The molecule has 1 aliphatic carbocycles. The van der Waals surface area contributed by atoms with E-state index in [-0.39, 0.29) is 1.43 Å². The molecule has 0 aromatic rings. The maximum atomic E-state index is 4.31. The molecule has 0 aromatic heterocycles. The monoisotopic (exact) mass is 236 g/mol. The van der Waals surface area contributed by atoms with E-state index in [1.54, 1.807) is 5.57 Å². The van der Waals surface area contributed by atoms with Gasteiger partial charge in [-0.2, -0.15) is 0 Å². The van der Waals surface area contributed by atoms with Gasteiger partial charge in [0.05, 0.1) is 0 Å². The predicted octanol–water partition coefficient (Wildman–Crippen LogP) is 6.00. The molecule has 1 aliphatic rings. The largest absolute Gasteiger partial charge is 0.0996 e. The van der Waals surface area contributed by atoms with Crippen molar-refractivity contribution in [2.45, 2.75) is 66.7 Å². The summed E-state index contributed by atoms with van der Waals surface area (Å²) in [5.41, 5.74) is 3.35. The summed E-state index contributed by atoms with van der Waals surface area (Å²) in [7, 11) is 0. The van der Waals surface area contributed by atoms with Gasteiger partial charge < -0.3 is 0 Å². The lowest BCUT2D eigenvalue weighted by Crippen LogP contribution is -2.26. The fourth-order valence-corrected chi connectivity index (χ4v) is 3.33. The van der Waals surface area contributed by atoms with Gasteiger partial charge in [0.1, 0.15) is 0 Å². The normalized spacial score (nSPS) is 30.0. The molecule has 0 unspecified atom stereocenters. The highest BCUT2D eigenvalue weighted by Crippen LogP contribution is 2.47. The molecule has 0 heteroatoms. The molecule has 0 nitrogen and oxygen atoms in total. The Balaban J connectivity index is 0.00000289. The Labute approximate surface area is 110 Å². The maximum Gasteiger partial charge on any atom is 0 e. The van der Waals surface area contributed by atoms with Crippen molar-refractivity contribution in [3.8, 4) is 0 Å². The van der Waals surface area contributed by atoms with Gasteiger partial charge in [-0.3, -0.25) is 0 Å². The number of allylic oxidation sites excluding steroid dienone is 3. The van der Waals surface area contributed by atoms with Crippen molar-refractivity contribution in [2.75, 3.05) is 0 Å². The average Bonchev–Trinajstić information content (AvgIpc) is 2.39. The first kappa shape index (κ1) is 14.5. The van der Waals surface area contributed by atoms with Gasteiger partial charge in [-0.15, -0.1) is 0 Å². The van der Waals surface area contributed by atoms with Crippen LogP contribution in [0.4, 0.5) is 0 Å². The molecule has 0 amide bonds. The molecule has 0 aromatic carbocycles. The highest BCUT2D eigenvalue weighted by Gasteiger charge is 2.35. The molecule has 0 aliphatic heterocycles. The molecule has 0 spiro atoms. The Morgan fingerprint density at radius 3 is 2.71 bits per heavy atom. The lowest BCUT2D eigenvalue weighted by atomic mass is 9.67. The summed E-state index contributed by atoms with van der Waals surface area (Å²) < 4.78 is 0. The fourth-order valence-electron chi connectivity index (χ4n) is 3.33. The third kappa shape index (κ3) is 3.47. The van der Waals surface area contributed by atoms with Crippen molar-refractivity contribution in [3.63, 3.8) is 0 Å². The van der Waals surface area contributed by atoms with Gasteiger partial charge in [0.15, 0.2) is 0 Å². The third-order valence-electron chi connectivity index (χ3n) is 4.62. The summed E-state index contributed by atoms with van der Waals surface area (Å²) in [6.07, 6.45) is 8.88. The van der Waals surface area contributed by atoms with E-state index in [0.29, 0.717) is 5.41 Å². The van der Waals surface area contributed by atoms with Crippen LogP contribution in [-0.4, -0.2) is 0 Å². The second kappa shape index (κ2) is 5.89. The summed E-state index contributed by atoms with van der Waals surface area (Å²) in [4.78, 5) is 0. The van der Waals surface area contributed by atoms with Crippen LogP contribution < -0.4 is 0 Å². The zero-order valence-electron chi connectivity index (χ0n) is 12.5. The Morgan fingerprint density at radius 2 is 2.24 bits per heavy atom. The van der Waals surface area contributed by atoms with Crippen LogP contribution in [0.3, 0.4) is 0 Å². The summed E-state index contributed by atoms with van der Waals surface area (Å²) in [6.45, 7) is 15.9. The Morgan fingerprint density at radius 1 is 1.59 bits per heavy atom. The molecule has 0 radical (unpaired) electrons. The minimum Gasteiger partial charge on any atom is -0.0996 e. The molecule has 17 heavy (non-hydrogen) atoms. The molecule has 2 atom stereocenters. The van der Waals surface area contributed by atoms with Crippen molar-refractivity contribution in [1.82, 2.24) is 0 Å². The van der Waals surface area contributed by atoms with Crippen LogP contribution in [0.1, 0.15) is 68.1 Å². The Kier molecular flexibility index (Phi) is 5.04. The Bertz CT molecular complexity index is 301. The third-order valence-corrected chi connectivity index (χ3v) is 4.62. The number of hydrogen-bond acceptors (Lipinski definition) is 0. The van der Waals surface area contributed by atoms with E-state index in [1.165, 1.54) is 37.7 Å². The van der Waals surface area contributed by atoms with Gasteiger partial charge >= 0.3 is 0 Å². The number of rotatable bonds is 4. The van der Waals surface area contributed by atoms with E-state index >= 15 is 0 Å². The van der Waals surface area contributed by atoms with Crippen molar-refractivity contribution in [1.29, 1.82) is 0 Å². The molecule has 0 heterocycles. The SMILES string of the molecule is C=C(C)[C@@]1(CCC)CC(C)=CC[C@H](C(C)C)C1.[HH]. The van der Waals surface area contributed by atoms with E-state index in [4.69, 9.17) is 0 Å². The minimum atomic E-state index is 0. The zero-order chi connectivity index (χ0) is 13.1. The van der Waals surface area contributed by atoms with Crippen molar-refractivity contribution >= 4 is 0 Å². The average molecular weight is 236 g/mol. The van der Waals surface area contributed by atoms with Crippen LogP contribution in [0.2, 0.25) is 0 Å². The van der Waals surface area contributed by atoms with Gasteiger partial charge in [-0.05, 0) is 56.8 Å². The van der Waals surface area contributed by atoms with Crippen molar-refractivity contribution < 1.29 is 1.43 Å². The molecule has 0 N–H and O–H groups in total. The summed E-state index contributed by atoms with van der Waals surface area (Å²) in [5.74, 6) is 1.61. The van der Waals surface area contributed by atoms with Crippen molar-refractivity contribution in [2.24, 2.45) is 17.3 Å². The summed E-state index contributed by atoms with van der Waals surface area (Å²) in [6, 6.07) is 0. The van der Waals surface area contributed by atoms with Gasteiger partial charge in [0, 0.05) is 1.43 Å². The highest BCUT2D eigenvalue weighted by atomic mass is 14.4. The zero-order valence-corrected chi connectivity index (χ0v) is 12.5. The lowest BCUT2D eigenvalue weighted by molar-refractivity contribution is 0.214. The van der Waals surface area contributed by atoms with E-state index in [9.17, 15) is 0 Å². The van der Waals surface area contributed by atoms with Crippen LogP contribution >= 0.6 is 0 Å². The van der Waals surface area contributed by atoms with Crippen LogP contribution in [0.5, 0.6) is 0 Å². The molecular weight excluding hydrogens is 204 g/mol. The molecule has 0 saturated carbocycles. The molecule has 1 rings (SSSR count). The second-order valence-corrected chi connectivity index (χ2v) is 6.48. The molecular formula is C17H32. The molecule has 0 fully saturated rings. The van der Waals surface area contributed by atoms with Crippen molar-refractivity contribution in [3.05, 3.63) is 23.8 Å². The minimum absolute atomic E-state index is 0. The first-order valence-electron chi connectivity index (χ1n) is 7.23. The van der Waals surface area contributed by atoms with Crippen LogP contribution in [0.25, 0.3) is 0 Å². The highest BCUT2D eigenvalue weighted by molar-refractivity contribution is 5.17. The quantitative estimate of drug-likeness (QED) is 0.525. The molecule has 0 saturated heterocycles.